The minimum absolute atomic E-state index is 0.0606. The molecule has 28 heavy (non-hydrogen) atoms. The fraction of sp³-hybridized carbons (Fsp3) is 0.200. The fourth-order valence-electron chi connectivity index (χ4n) is 2.88. The SMILES string of the molecule is CSc1nccn1-c1ccc(C(=O)N(C)Cc2ccccc2C(F)(F)F)cc1. The van der Waals surface area contributed by atoms with Gasteiger partial charge in [-0.05, 0) is 42.2 Å². The van der Waals surface area contributed by atoms with Crippen LogP contribution in [0.5, 0.6) is 0 Å². The van der Waals surface area contributed by atoms with Crippen molar-refractivity contribution in [2.24, 2.45) is 0 Å². The van der Waals surface area contributed by atoms with Crippen LogP contribution in [0.25, 0.3) is 5.69 Å². The molecule has 0 fully saturated rings. The van der Waals surface area contributed by atoms with Gasteiger partial charge in [0.05, 0.1) is 5.56 Å². The average molecular weight is 405 g/mol. The number of amides is 1. The Morgan fingerprint density at radius 2 is 1.82 bits per heavy atom. The maximum Gasteiger partial charge on any atom is 0.416 e. The van der Waals surface area contributed by atoms with Crippen molar-refractivity contribution < 1.29 is 18.0 Å². The van der Waals surface area contributed by atoms with Gasteiger partial charge in [-0.2, -0.15) is 13.2 Å². The van der Waals surface area contributed by atoms with Crippen LogP contribution in [0.3, 0.4) is 0 Å². The van der Waals surface area contributed by atoms with Gasteiger partial charge in [0.25, 0.3) is 5.91 Å². The van der Waals surface area contributed by atoms with Crippen molar-refractivity contribution in [3.05, 3.63) is 77.6 Å². The second-order valence-corrected chi connectivity index (χ2v) is 6.92. The lowest BCUT2D eigenvalue weighted by molar-refractivity contribution is -0.138. The Labute approximate surface area is 165 Å². The molecular formula is C20H18F3N3OS. The lowest BCUT2D eigenvalue weighted by Gasteiger charge is -2.20. The zero-order valence-corrected chi connectivity index (χ0v) is 16.1. The molecule has 0 saturated carbocycles. The number of carbonyl (C=O) groups is 1. The Morgan fingerprint density at radius 3 is 2.46 bits per heavy atom. The molecule has 3 rings (SSSR count). The molecule has 0 N–H and O–H groups in total. The molecule has 0 saturated heterocycles. The van der Waals surface area contributed by atoms with E-state index in [1.807, 2.05) is 17.0 Å². The van der Waals surface area contributed by atoms with E-state index in [1.165, 1.54) is 41.9 Å². The number of alkyl halides is 3. The standard InChI is InChI=1S/C20H18F3N3OS/c1-25(13-15-5-3-4-6-17(15)20(21,22)23)18(27)14-7-9-16(10-8-14)26-12-11-24-19(26)28-2/h3-12H,13H2,1-2H3. The zero-order valence-electron chi connectivity index (χ0n) is 15.3. The Kier molecular flexibility index (Phi) is 5.79. The topological polar surface area (TPSA) is 38.1 Å². The third-order valence-corrected chi connectivity index (χ3v) is 4.93. The Bertz CT molecular complexity index is 967. The monoisotopic (exact) mass is 405 g/mol. The van der Waals surface area contributed by atoms with E-state index >= 15 is 0 Å². The largest absolute Gasteiger partial charge is 0.416 e. The number of hydrogen-bond donors (Lipinski definition) is 0. The first kappa shape index (κ1) is 20.0. The molecule has 1 amide bonds. The summed E-state index contributed by atoms with van der Waals surface area (Å²) in [7, 11) is 1.49. The van der Waals surface area contributed by atoms with E-state index in [1.54, 1.807) is 30.5 Å². The molecule has 146 valence electrons. The van der Waals surface area contributed by atoms with Gasteiger partial charge in [-0.15, -0.1) is 0 Å². The summed E-state index contributed by atoms with van der Waals surface area (Å²) in [6, 6.07) is 12.2. The number of carbonyl (C=O) groups excluding carboxylic acids is 1. The third-order valence-electron chi connectivity index (χ3n) is 4.26. The van der Waals surface area contributed by atoms with Crippen LogP contribution < -0.4 is 0 Å². The minimum Gasteiger partial charge on any atom is -0.337 e. The maximum absolute atomic E-state index is 13.2. The molecule has 0 bridgehead atoms. The predicted octanol–water partition coefficient (Wildman–Crippen LogP) is 4.89. The van der Waals surface area contributed by atoms with Crippen LogP contribution in [0.1, 0.15) is 21.5 Å². The van der Waals surface area contributed by atoms with Crippen LogP contribution in [0.15, 0.2) is 66.1 Å². The van der Waals surface area contributed by atoms with Crippen molar-refractivity contribution in [3.63, 3.8) is 0 Å². The van der Waals surface area contributed by atoms with E-state index in [9.17, 15) is 18.0 Å². The van der Waals surface area contributed by atoms with Crippen molar-refractivity contribution in [2.75, 3.05) is 13.3 Å². The van der Waals surface area contributed by atoms with Gasteiger partial charge in [-0.1, -0.05) is 30.0 Å². The summed E-state index contributed by atoms with van der Waals surface area (Å²) in [5, 5.41) is 0.819. The summed E-state index contributed by atoms with van der Waals surface area (Å²) in [5.41, 5.74) is 0.588. The average Bonchev–Trinajstić information content (AvgIpc) is 3.16. The van der Waals surface area contributed by atoms with Gasteiger partial charge >= 0.3 is 6.18 Å². The summed E-state index contributed by atoms with van der Waals surface area (Å²) >= 11 is 1.50. The molecule has 2 aromatic carbocycles. The normalized spacial score (nSPS) is 11.5. The van der Waals surface area contributed by atoms with E-state index < -0.39 is 11.7 Å². The molecule has 4 nitrogen and oxygen atoms in total. The summed E-state index contributed by atoms with van der Waals surface area (Å²) < 4.78 is 41.3. The number of thioether (sulfide) groups is 1. The fourth-order valence-corrected chi connectivity index (χ4v) is 3.41. The van der Waals surface area contributed by atoms with Crippen molar-refractivity contribution in [2.45, 2.75) is 17.9 Å². The van der Waals surface area contributed by atoms with E-state index in [-0.39, 0.29) is 18.0 Å². The first-order chi connectivity index (χ1) is 13.3. The van der Waals surface area contributed by atoms with Gasteiger partial charge in [0.15, 0.2) is 5.16 Å². The minimum atomic E-state index is -4.46. The van der Waals surface area contributed by atoms with Crippen molar-refractivity contribution >= 4 is 17.7 Å². The van der Waals surface area contributed by atoms with Crippen LogP contribution in [0.2, 0.25) is 0 Å². The molecule has 0 atom stereocenters. The molecule has 8 heteroatoms. The Balaban J connectivity index is 1.78. The summed E-state index contributed by atoms with van der Waals surface area (Å²) in [5.74, 6) is -0.348. The lowest BCUT2D eigenvalue weighted by atomic mass is 10.1. The highest BCUT2D eigenvalue weighted by Gasteiger charge is 2.33. The van der Waals surface area contributed by atoms with Crippen molar-refractivity contribution in [1.29, 1.82) is 0 Å². The molecule has 1 heterocycles. The first-order valence-electron chi connectivity index (χ1n) is 8.39. The molecule has 0 radical (unpaired) electrons. The Hall–Kier alpha value is -2.74. The molecule has 0 unspecified atom stereocenters. The second-order valence-electron chi connectivity index (χ2n) is 6.15. The van der Waals surface area contributed by atoms with E-state index in [0.717, 1.165) is 16.9 Å². The first-order valence-corrected chi connectivity index (χ1v) is 9.62. The van der Waals surface area contributed by atoms with Crippen LogP contribution in [-0.2, 0) is 12.7 Å². The van der Waals surface area contributed by atoms with Gasteiger partial charge in [-0.3, -0.25) is 9.36 Å². The van der Waals surface area contributed by atoms with Gasteiger partial charge in [-0.25, -0.2) is 4.98 Å². The van der Waals surface area contributed by atoms with E-state index in [4.69, 9.17) is 0 Å². The van der Waals surface area contributed by atoms with Gasteiger partial charge in [0.2, 0.25) is 0 Å². The number of aromatic nitrogens is 2. The van der Waals surface area contributed by atoms with Gasteiger partial charge in [0.1, 0.15) is 0 Å². The van der Waals surface area contributed by atoms with Crippen LogP contribution in [0.4, 0.5) is 13.2 Å². The molecular weight excluding hydrogens is 387 g/mol. The number of benzene rings is 2. The number of rotatable bonds is 5. The smallest absolute Gasteiger partial charge is 0.337 e. The molecule has 3 aromatic rings. The van der Waals surface area contributed by atoms with Crippen LogP contribution in [0, 0.1) is 0 Å². The lowest BCUT2D eigenvalue weighted by Crippen LogP contribution is -2.27. The number of imidazole rings is 1. The number of halogens is 3. The summed E-state index contributed by atoms with van der Waals surface area (Å²) in [6.07, 6.45) is 0.978. The molecule has 0 aliphatic heterocycles. The van der Waals surface area contributed by atoms with Gasteiger partial charge < -0.3 is 4.90 Å². The molecule has 0 aliphatic rings. The summed E-state index contributed by atoms with van der Waals surface area (Å²) in [6.45, 7) is -0.131. The maximum atomic E-state index is 13.2. The predicted molar refractivity (Wildman–Crippen MR) is 103 cm³/mol. The zero-order chi connectivity index (χ0) is 20.3. The Morgan fingerprint density at radius 1 is 1.14 bits per heavy atom. The van der Waals surface area contributed by atoms with Crippen molar-refractivity contribution in [3.8, 4) is 5.69 Å². The molecule has 0 aliphatic carbocycles. The number of nitrogens with zero attached hydrogens (tertiary/aromatic N) is 3. The molecule has 0 spiro atoms. The van der Waals surface area contributed by atoms with E-state index in [0.29, 0.717) is 5.56 Å². The highest BCUT2D eigenvalue weighted by Crippen LogP contribution is 2.32. The molecule has 1 aromatic heterocycles. The third kappa shape index (κ3) is 4.22. The highest BCUT2D eigenvalue weighted by molar-refractivity contribution is 7.98. The highest BCUT2D eigenvalue weighted by atomic mass is 32.2. The quantitative estimate of drug-likeness (QED) is 0.568. The number of hydrogen-bond acceptors (Lipinski definition) is 3. The van der Waals surface area contributed by atoms with Crippen molar-refractivity contribution in [1.82, 2.24) is 14.5 Å². The van der Waals surface area contributed by atoms with Gasteiger partial charge in [0, 0.05) is 37.2 Å². The van der Waals surface area contributed by atoms with Crippen LogP contribution in [-0.4, -0.2) is 33.7 Å². The summed E-state index contributed by atoms with van der Waals surface area (Å²) in [4.78, 5) is 18.2. The van der Waals surface area contributed by atoms with Crippen LogP contribution >= 0.6 is 11.8 Å². The second kappa shape index (κ2) is 8.10. The van der Waals surface area contributed by atoms with E-state index in [2.05, 4.69) is 4.98 Å².